The van der Waals surface area contributed by atoms with E-state index in [-0.39, 0.29) is 0 Å². The summed E-state index contributed by atoms with van der Waals surface area (Å²) in [6.07, 6.45) is 0. The summed E-state index contributed by atoms with van der Waals surface area (Å²) < 4.78 is 0. The van der Waals surface area contributed by atoms with Crippen LogP contribution in [0, 0.1) is 0 Å². The zero-order valence-corrected chi connectivity index (χ0v) is 29.2. The van der Waals surface area contributed by atoms with Gasteiger partial charge in [-0.15, -0.1) is 0 Å². The van der Waals surface area contributed by atoms with E-state index >= 15 is 0 Å². The van der Waals surface area contributed by atoms with Crippen LogP contribution in [0.1, 0.15) is 0 Å². The van der Waals surface area contributed by atoms with Crippen molar-refractivity contribution < 1.29 is 0 Å². The Bertz CT molecular complexity index is 2950. The Kier molecular flexibility index (Phi) is 7.55. The van der Waals surface area contributed by atoms with Crippen LogP contribution in [0.3, 0.4) is 0 Å². The second-order valence-corrected chi connectivity index (χ2v) is 13.6. The molecule has 0 bridgehead atoms. The number of hydrogen-bond acceptors (Lipinski definition) is 1. The molecule has 0 aromatic heterocycles. The van der Waals surface area contributed by atoms with Crippen molar-refractivity contribution in [1.29, 1.82) is 0 Å². The lowest BCUT2D eigenvalue weighted by atomic mass is 9.91. The van der Waals surface area contributed by atoms with E-state index in [2.05, 4.69) is 217 Å². The zero-order chi connectivity index (χ0) is 35.1. The van der Waals surface area contributed by atoms with Gasteiger partial charge in [-0.05, 0) is 84.2 Å². The molecular weight excluding hydrogens is 639 g/mol. The van der Waals surface area contributed by atoms with Gasteiger partial charge in [0.1, 0.15) is 0 Å². The van der Waals surface area contributed by atoms with E-state index in [0.717, 1.165) is 17.1 Å². The normalized spacial score (nSPS) is 11.4. The Morgan fingerprint density at radius 1 is 0.226 bits per heavy atom. The molecule has 0 amide bonds. The highest BCUT2D eigenvalue weighted by molar-refractivity contribution is 6.16. The van der Waals surface area contributed by atoms with Gasteiger partial charge in [0, 0.05) is 16.5 Å². The van der Waals surface area contributed by atoms with Crippen molar-refractivity contribution in [2.24, 2.45) is 0 Å². The van der Waals surface area contributed by atoms with Crippen LogP contribution in [-0.4, -0.2) is 0 Å². The molecule has 0 atom stereocenters. The summed E-state index contributed by atoms with van der Waals surface area (Å²) in [4.78, 5) is 2.51. The Morgan fingerprint density at radius 3 is 1.47 bits per heavy atom. The molecule has 0 saturated carbocycles. The maximum absolute atomic E-state index is 2.51. The van der Waals surface area contributed by atoms with Crippen LogP contribution in [0.2, 0.25) is 0 Å². The fourth-order valence-corrected chi connectivity index (χ4v) is 8.28. The van der Waals surface area contributed by atoms with Crippen molar-refractivity contribution in [3.8, 4) is 33.4 Å². The molecule has 0 fully saturated rings. The second-order valence-electron chi connectivity index (χ2n) is 13.6. The topological polar surface area (TPSA) is 3.24 Å². The van der Waals surface area contributed by atoms with Gasteiger partial charge >= 0.3 is 0 Å². The molecule has 0 heterocycles. The average Bonchev–Trinajstić information content (AvgIpc) is 3.24. The lowest BCUT2D eigenvalue weighted by Crippen LogP contribution is -2.13. The first-order chi connectivity index (χ1) is 26.3. The number of fused-ring (bicyclic) bond motifs is 5. The summed E-state index contributed by atoms with van der Waals surface area (Å²) in [6.45, 7) is 0. The van der Waals surface area contributed by atoms with Crippen LogP contribution >= 0.6 is 0 Å². The van der Waals surface area contributed by atoms with Crippen molar-refractivity contribution in [2.45, 2.75) is 0 Å². The standard InChI is InChI=1S/C52H35N/c1-2-17-36(18-3-1)40-28-15-31-47-44(40)30-16-34-52(47)53(50-32-12-10-26-46(50)43-29-14-21-37-19-4-6-22-39(37)43)51-33-13-11-27-48(51)49-35-38-20-5-7-23-41(38)42-24-8-9-25-45(42)49/h1-35H. The molecule has 0 unspecified atom stereocenters. The highest BCUT2D eigenvalue weighted by Gasteiger charge is 2.24. The van der Waals surface area contributed by atoms with E-state index in [1.807, 2.05) is 0 Å². The first kappa shape index (κ1) is 30.8. The van der Waals surface area contributed by atoms with Gasteiger partial charge in [-0.25, -0.2) is 0 Å². The van der Waals surface area contributed by atoms with Gasteiger partial charge in [0.05, 0.1) is 17.1 Å². The first-order valence-electron chi connectivity index (χ1n) is 18.3. The van der Waals surface area contributed by atoms with Crippen molar-refractivity contribution in [1.82, 2.24) is 0 Å². The van der Waals surface area contributed by atoms with Gasteiger partial charge in [0.25, 0.3) is 0 Å². The average molecular weight is 674 g/mol. The van der Waals surface area contributed by atoms with Crippen molar-refractivity contribution >= 4 is 60.2 Å². The number of rotatable bonds is 6. The SMILES string of the molecule is c1ccc(-c2cccc3c(N(c4ccccc4-c4cccc5ccccc45)c4ccccc4-c4cc5ccccc5c5ccccc45)cccc23)cc1. The molecule has 0 aliphatic carbocycles. The third kappa shape index (κ3) is 5.25. The molecule has 0 N–H and O–H groups in total. The maximum atomic E-state index is 2.51. The minimum Gasteiger partial charge on any atom is -0.309 e. The number of para-hydroxylation sites is 2. The van der Waals surface area contributed by atoms with Crippen LogP contribution in [0.25, 0.3) is 76.5 Å². The maximum Gasteiger partial charge on any atom is 0.0540 e. The van der Waals surface area contributed by atoms with E-state index in [9.17, 15) is 0 Å². The highest BCUT2D eigenvalue weighted by Crippen LogP contribution is 2.49. The van der Waals surface area contributed by atoms with Gasteiger partial charge in [0.15, 0.2) is 0 Å². The predicted molar refractivity (Wildman–Crippen MR) is 227 cm³/mol. The Hall–Kier alpha value is -6.96. The smallest absolute Gasteiger partial charge is 0.0540 e. The molecule has 0 spiro atoms. The van der Waals surface area contributed by atoms with Crippen LogP contribution in [0.15, 0.2) is 212 Å². The Labute approximate surface area is 309 Å². The van der Waals surface area contributed by atoms with Gasteiger partial charge in [-0.3, -0.25) is 0 Å². The monoisotopic (exact) mass is 673 g/mol. The quantitative estimate of drug-likeness (QED) is 0.159. The van der Waals surface area contributed by atoms with Crippen molar-refractivity contribution in [2.75, 3.05) is 4.90 Å². The van der Waals surface area contributed by atoms with Crippen LogP contribution < -0.4 is 4.90 Å². The van der Waals surface area contributed by atoms with Crippen LogP contribution in [-0.2, 0) is 0 Å². The predicted octanol–water partition coefficient (Wildman–Crippen LogP) is 14.8. The van der Waals surface area contributed by atoms with E-state index in [1.165, 1.54) is 76.5 Å². The number of nitrogens with zero attached hydrogens (tertiary/aromatic N) is 1. The third-order valence-corrected chi connectivity index (χ3v) is 10.7. The third-order valence-electron chi connectivity index (χ3n) is 10.7. The molecule has 0 aliphatic heterocycles. The van der Waals surface area contributed by atoms with Crippen molar-refractivity contribution in [3.63, 3.8) is 0 Å². The summed E-state index contributed by atoms with van der Waals surface area (Å²) in [5.74, 6) is 0. The molecule has 0 radical (unpaired) electrons. The molecule has 53 heavy (non-hydrogen) atoms. The van der Waals surface area contributed by atoms with E-state index in [4.69, 9.17) is 0 Å². The summed E-state index contributed by atoms with van der Waals surface area (Å²) in [7, 11) is 0. The number of benzene rings is 10. The molecular formula is C52H35N. The molecule has 10 aromatic carbocycles. The highest BCUT2D eigenvalue weighted by atomic mass is 15.1. The summed E-state index contributed by atoms with van der Waals surface area (Å²) in [5.41, 5.74) is 10.6. The van der Waals surface area contributed by atoms with E-state index < -0.39 is 0 Å². The fraction of sp³-hybridized carbons (Fsp3) is 0. The number of hydrogen-bond donors (Lipinski definition) is 0. The van der Waals surface area contributed by atoms with Gasteiger partial charge < -0.3 is 4.90 Å². The first-order valence-corrected chi connectivity index (χ1v) is 18.3. The molecule has 1 heteroatoms. The molecule has 1 nitrogen and oxygen atoms in total. The van der Waals surface area contributed by atoms with Crippen molar-refractivity contribution in [3.05, 3.63) is 212 Å². The summed E-state index contributed by atoms with van der Waals surface area (Å²) in [6, 6.07) is 77.3. The second kappa shape index (κ2) is 13.0. The lowest BCUT2D eigenvalue weighted by molar-refractivity contribution is 1.30. The molecule has 10 aromatic rings. The fourth-order valence-electron chi connectivity index (χ4n) is 8.28. The van der Waals surface area contributed by atoms with E-state index in [0.29, 0.717) is 0 Å². The van der Waals surface area contributed by atoms with Gasteiger partial charge in [0.2, 0.25) is 0 Å². The molecule has 248 valence electrons. The molecule has 0 saturated heterocycles. The van der Waals surface area contributed by atoms with Crippen LogP contribution in [0.5, 0.6) is 0 Å². The minimum absolute atomic E-state index is 1.12. The van der Waals surface area contributed by atoms with Gasteiger partial charge in [-0.2, -0.15) is 0 Å². The summed E-state index contributed by atoms with van der Waals surface area (Å²) >= 11 is 0. The minimum atomic E-state index is 1.12. The zero-order valence-electron chi connectivity index (χ0n) is 29.2. The lowest BCUT2D eigenvalue weighted by Gasteiger charge is -2.31. The van der Waals surface area contributed by atoms with Crippen LogP contribution in [0.4, 0.5) is 17.1 Å². The Balaban J connectivity index is 1.30. The summed E-state index contributed by atoms with van der Waals surface area (Å²) in [5, 5.41) is 9.88. The van der Waals surface area contributed by atoms with Gasteiger partial charge in [-0.1, -0.05) is 188 Å². The molecule has 0 aliphatic rings. The largest absolute Gasteiger partial charge is 0.309 e. The van der Waals surface area contributed by atoms with E-state index in [1.54, 1.807) is 0 Å². The molecule has 10 rings (SSSR count). The number of anilines is 3. The Morgan fingerprint density at radius 2 is 0.679 bits per heavy atom.